The van der Waals surface area contributed by atoms with Gasteiger partial charge in [0, 0.05) is 39.8 Å². The number of carbonyl (C=O) groups excluding carboxylic acids is 1. The molecule has 0 aromatic heterocycles. The highest BCUT2D eigenvalue weighted by Crippen LogP contribution is 2.19. The number of benzene rings is 2. The molecule has 0 unspecified atom stereocenters. The van der Waals surface area contributed by atoms with Gasteiger partial charge in [-0.25, -0.2) is 4.79 Å². The van der Waals surface area contributed by atoms with Crippen molar-refractivity contribution < 1.29 is 24.1 Å². The van der Waals surface area contributed by atoms with Crippen molar-refractivity contribution in [1.29, 1.82) is 0 Å². The van der Waals surface area contributed by atoms with Crippen LogP contribution in [-0.4, -0.2) is 87.9 Å². The van der Waals surface area contributed by atoms with E-state index in [1.54, 1.807) is 14.2 Å². The zero-order valence-electron chi connectivity index (χ0n) is 20.1. The fraction of sp³-hybridized carbons (Fsp3) is 0.500. The van der Waals surface area contributed by atoms with Gasteiger partial charge in [-0.3, -0.25) is 4.90 Å². The van der Waals surface area contributed by atoms with Gasteiger partial charge in [0.05, 0.1) is 19.8 Å². The normalized spacial score (nSPS) is 19.8. The molecule has 0 bridgehead atoms. The SMILES string of the molecule is COCCN(CCNC(=O)O[C@@H]1[C@H](O)CN[C@H]1Cc1ccc(OC)cc1)CCc1ccccc1. The zero-order valence-corrected chi connectivity index (χ0v) is 20.1. The molecule has 1 fully saturated rings. The second kappa shape index (κ2) is 13.9. The highest BCUT2D eigenvalue weighted by molar-refractivity contribution is 5.67. The third-order valence-electron chi connectivity index (χ3n) is 6.09. The van der Waals surface area contributed by atoms with Gasteiger partial charge in [-0.2, -0.15) is 0 Å². The van der Waals surface area contributed by atoms with E-state index in [9.17, 15) is 9.90 Å². The molecule has 3 rings (SSSR count). The lowest BCUT2D eigenvalue weighted by Gasteiger charge is -2.24. The van der Waals surface area contributed by atoms with E-state index < -0.39 is 18.3 Å². The molecule has 1 heterocycles. The van der Waals surface area contributed by atoms with Gasteiger partial charge in [0.15, 0.2) is 0 Å². The van der Waals surface area contributed by atoms with Crippen LogP contribution in [-0.2, 0) is 22.3 Å². The first-order chi connectivity index (χ1) is 16.6. The number of alkyl carbamates (subject to hydrolysis) is 1. The number of hydrogen-bond donors (Lipinski definition) is 3. The molecule has 186 valence electrons. The molecular formula is C26H37N3O5. The van der Waals surface area contributed by atoms with Crippen molar-refractivity contribution in [2.45, 2.75) is 31.1 Å². The van der Waals surface area contributed by atoms with Crippen LogP contribution in [0.3, 0.4) is 0 Å². The van der Waals surface area contributed by atoms with Crippen LogP contribution >= 0.6 is 0 Å². The largest absolute Gasteiger partial charge is 0.497 e. The summed E-state index contributed by atoms with van der Waals surface area (Å²) in [5.41, 5.74) is 2.36. The molecule has 8 heteroatoms. The number of rotatable bonds is 13. The molecule has 0 radical (unpaired) electrons. The monoisotopic (exact) mass is 471 g/mol. The Hall–Kier alpha value is -2.65. The molecule has 1 saturated heterocycles. The van der Waals surface area contributed by atoms with E-state index in [2.05, 4.69) is 27.7 Å². The number of aliphatic hydroxyl groups excluding tert-OH is 1. The first-order valence-corrected chi connectivity index (χ1v) is 11.8. The van der Waals surface area contributed by atoms with Gasteiger partial charge in [0.25, 0.3) is 0 Å². The Balaban J connectivity index is 1.44. The summed E-state index contributed by atoms with van der Waals surface area (Å²) in [5, 5.41) is 16.4. The van der Waals surface area contributed by atoms with Crippen LogP contribution in [0.2, 0.25) is 0 Å². The molecule has 2 aromatic rings. The van der Waals surface area contributed by atoms with Crippen molar-refractivity contribution in [3.8, 4) is 5.75 Å². The van der Waals surface area contributed by atoms with E-state index in [4.69, 9.17) is 14.2 Å². The third kappa shape index (κ3) is 8.29. The van der Waals surface area contributed by atoms with Gasteiger partial charge in [0.2, 0.25) is 0 Å². The molecule has 1 aliphatic heterocycles. The average molecular weight is 472 g/mol. The van der Waals surface area contributed by atoms with E-state index in [1.807, 2.05) is 42.5 Å². The van der Waals surface area contributed by atoms with Crippen molar-refractivity contribution in [2.24, 2.45) is 0 Å². The number of β-amino-alcohol motifs (C(OH)–C–C–N with tert-alkyl or cyclic N) is 1. The number of amides is 1. The van der Waals surface area contributed by atoms with Crippen LogP contribution in [0.5, 0.6) is 5.75 Å². The Morgan fingerprint density at radius 3 is 2.53 bits per heavy atom. The molecule has 3 atom stereocenters. The maximum Gasteiger partial charge on any atom is 0.407 e. The maximum absolute atomic E-state index is 12.5. The van der Waals surface area contributed by atoms with Crippen molar-refractivity contribution >= 4 is 6.09 Å². The molecular weight excluding hydrogens is 434 g/mol. The van der Waals surface area contributed by atoms with E-state index in [0.29, 0.717) is 32.7 Å². The summed E-state index contributed by atoms with van der Waals surface area (Å²) in [5.74, 6) is 0.790. The van der Waals surface area contributed by atoms with Crippen molar-refractivity contribution in [3.63, 3.8) is 0 Å². The Morgan fingerprint density at radius 2 is 1.82 bits per heavy atom. The molecule has 0 aliphatic carbocycles. The summed E-state index contributed by atoms with van der Waals surface area (Å²) < 4.78 is 16.0. The fourth-order valence-corrected chi connectivity index (χ4v) is 4.11. The van der Waals surface area contributed by atoms with Gasteiger partial charge in [0.1, 0.15) is 18.0 Å². The Labute approximate surface area is 202 Å². The van der Waals surface area contributed by atoms with E-state index in [-0.39, 0.29) is 6.04 Å². The lowest BCUT2D eigenvalue weighted by Crippen LogP contribution is -2.43. The minimum absolute atomic E-state index is 0.154. The predicted molar refractivity (Wildman–Crippen MR) is 131 cm³/mol. The number of aliphatic hydroxyl groups is 1. The number of nitrogens with one attached hydrogen (secondary N) is 2. The fourth-order valence-electron chi connectivity index (χ4n) is 4.11. The topological polar surface area (TPSA) is 92.3 Å². The first-order valence-electron chi connectivity index (χ1n) is 11.8. The second-order valence-corrected chi connectivity index (χ2v) is 8.50. The standard InChI is InChI=1S/C26H37N3O5/c1-32-17-16-29(14-12-20-6-4-3-5-7-20)15-13-27-26(31)34-25-23(28-19-24(25)30)18-21-8-10-22(33-2)11-9-21/h3-11,23-25,28,30H,12-19H2,1-2H3,(H,27,31)/t23-,24+,25-/m0/s1. The van der Waals surface area contributed by atoms with Crippen LogP contribution in [0.1, 0.15) is 11.1 Å². The van der Waals surface area contributed by atoms with E-state index >= 15 is 0 Å². The van der Waals surface area contributed by atoms with Crippen molar-refractivity contribution in [3.05, 3.63) is 65.7 Å². The quantitative estimate of drug-likeness (QED) is 0.411. The summed E-state index contributed by atoms with van der Waals surface area (Å²) in [7, 11) is 3.32. The lowest BCUT2D eigenvalue weighted by molar-refractivity contribution is 0.0187. The van der Waals surface area contributed by atoms with E-state index in [0.717, 1.165) is 30.8 Å². The number of nitrogens with zero attached hydrogens (tertiary/aromatic N) is 1. The van der Waals surface area contributed by atoms with Crippen molar-refractivity contribution in [1.82, 2.24) is 15.5 Å². The lowest BCUT2D eigenvalue weighted by atomic mass is 10.0. The Bertz CT molecular complexity index is 849. The Kier molecular flexibility index (Phi) is 10.6. The summed E-state index contributed by atoms with van der Waals surface area (Å²) in [6.07, 6.45) is -0.282. The van der Waals surface area contributed by atoms with Crippen molar-refractivity contribution in [2.75, 3.05) is 53.6 Å². The summed E-state index contributed by atoms with van der Waals surface area (Å²) in [6.45, 7) is 3.83. The molecule has 2 aromatic carbocycles. The number of hydrogen-bond acceptors (Lipinski definition) is 7. The predicted octanol–water partition coefficient (Wildman–Crippen LogP) is 1.86. The minimum Gasteiger partial charge on any atom is -0.497 e. The summed E-state index contributed by atoms with van der Waals surface area (Å²) in [6, 6.07) is 17.9. The molecule has 1 amide bonds. The highest BCUT2D eigenvalue weighted by Gasteiger charge is 2.37. The van der Waals surface area contributed by atoms with E-state index in [1.165, 1.54) is 5.56 Å². The number of ether oxygens (including phenoxy) is 3. The van der Waals surface area contributed by atoms with Gasteiger partial charge in [-0.15, -0.1) is 0 Å². The minimum atomic E-state index is -0.738. The number of methoxy groups -OCH3 is 2. The molecule has 34 heavy (non-hydrogen) atoms. The average Bonchev–Trinajstić information content (AvgIpc) is 3.20. The van der Waals surface area contributed by atoms with Gasteiger partial charge in [-0.05, 0) is 36.1 Å². The third-order valence-corrected chi connectivity index (χ3v) is 6.09. The van der Waals surface area contributed by atoms with Gasteiger partial charge < -0.3 is 30.0 Å². The maximum atomic E-state index is 12.5. The van der Waals surface area contributed by atoms with Gasteiger partial charge in [-0.1, -0.05) is 42.5 Å². The first kappa shape index (κ1) is 26.0. The molecule has 0 saturated carbocycles. The molecule has 3 N–H and O–H groups in total. The van der Waals surface area contributed by atoms with Crippen LogP contribution in [0.4, 0.5) is 4.79 Å². The van der Waals surface area contributed by atoms with Crippen LogP contribution < -0.4 is 15.4 Å². The molecule has 0 spiro atoms. The Morgan fingerprint density at radius 1 is 1.06 bits per heavy atom. The molecule has 8 nitrogen and oxygen atoms in total. The summed E-state index contributed by atoms with van der Waals surface area (Å²) >= 11 is 0. The van der Waals surface area contributed by atoms with Crippen LogP contribution in [0.25, 0.3) is 0 Å². The number of carbonyl (C=O) groups is 1. The molecule has 1 aliphatic rings. The second-order valence-electron chi connectivity index (χ2n) is 8.50. The van der Waals surface area contributed by atoms with Gasteiger partial charge >= 0.3 is 6.09 Å². The smallest absolute Gasteiger partial charge is 0.407 e. The highest BCUT2D eigenvalue weighted by atomic mass is 16.6. The zero-order chi connectivity index (χ0) is 24.2. The van der Waals surface area contributed by atoms with Crippen LogP contribution in [0, 0.1) is 0 Å². The summed E-state index contributed by atoms with van der Waals surface area (Å²) in [4.78, 5) is 14.7. The van der Waals surface area contributed by atoms with Crippen LogP contribution in [0.15, 0.2) is 54.6 Å².